The summed E-state index contributed by atoms with van der Waals surface area (Å²) in [6.45, 7) is 5.63. The first-order valence-electron chi connectivity index (χ1n) is 5.65. The molecule has 4 heteroatoms. The largest absolute Gasteiger partial charge is 0.392 e. The molecule has 0 saturated carbocycles. The number of aliphatic hydroxyl groups excluding tert-OH is 1. The number of thioether (sulfide) groups is 1. The minimum Gasteiger partial charge on any atom is -0.392 e. The van der Waals surface area contributed by atoms with Gasteiger partial charge in [0.05, 0.1) is 11.9 Å². The van der Waals surface area contributed by atoms with Crippen LogP contribution in [0.3, 0.4) is 0 Å². The van der Waals surface area contributed by atoms with E-state index in [-0.39, 0.29) is 11.2 Å². The van der Waals surface area contributed by atoms with Gasteiger partial charge in [-0.25, -0.2) is 0 Å². The van der Waals surface area contributed by atoms with Gasteiger partial charge in [-0.15, -0.1) is 11.8 Å². The molecule has 94 valence electrons. The highest BCUT2D eigenvalue weighted by atomic mass is 32.2. The molecule has 1 amide bonds. The van der Waals surface area contributed by atoms with Gasteiger partial charge in [0, 0.05) is 10.9 Å². The lowest BCUT2D eigenvalue weighted by atomic mass is 10.2. The van der Waals surface area contributed by atoms with Crippen molar-refractivity contribution in [2.75, 3.05) is 11.1 Å². The number of anilines is 1. The van der Waals surface area contributed by atoms with E-state index in [1.165, 1.54) is 11.8 Å². The van der Waals surface area contributed by atoms with Gasteiger partial charge in [0.25, 0.3) is 0 Å². The van der Waals surface area contributed by atoms with E-state index >= 15 is 0 Å². The Kier molecular flexibility index (Phi) is 5.51. The van der Waals surface area contributed by atoms with Gasteiger partial charge in [-0.3, -0.25) is 4.79 Å². The number of benzene rings is 1. The summed E-state index contributed by atoms with van der Waals surface area (Å²) in [5, 5.41) is 12.2. The van der Waals surface area contributed by atoms with Crippen LogP contribution in [0.4, 0.5) is 5.69 Å². The zero-order chi connectivity index (χ0) is 12.8. The molecule has 17 heavy (non-hydrogen) atoms. The molecule has 0 fully saturated rings. The van der Waals surface area contributed by atoms with E-state index < -0.39 is 6.10 Å². The van der Waals surface area contributed by atoms with E-state index in [0.29, 0.717) is 5.75 Å². The first-order chi connectivity index (χ1) is 7.99. The molecule has 1 rings (SSSR count). The van der Waals surface area contributed by atoms with Gasteiger partial charge in [0.2, 0.25) is 5.91 Å². The second-order valence-electron chi connectivity index (χ2n) is 4.17. The topological polar surface area (TPSA) is 49.3 Å². The van der Waals surface area contributed by atoms with Crippen LogP contribution in [0.2, 0.25) is 0 Å². The van der Waals surface area contributed by atoms with Crippen molar-refractivity contribution in [3.05, 3.63) is 29.8 Å². The number of nitrogens with one attached hydrogen (secondary N) is 1. The second kappa shape index (κ2) is 6.67. The van der Waals surface area contributed by atoms with Gasteiger partial charge < -0.3 is 10.4 Å². The maximum absolute atomic E-state index is 11.6. The Morgan fingerprint density at radius 1 is 1.47 bits per heavy atom. The van der Waals surface area contributed by atoms with E-state index in [0.717, 1.165) is 11.3 Å². The molecule has 0 aliphatic rings. The van der Waals surface area contributed by atoms with Crippen LogP contribution in [0, 0.1) is 6.92 Å². The number of carbonyl (C=O) groups excluding carboxylic acids is 1. The molecule has 0 saturated heterocycles. The molecule has 0 aliphatic heterocycles. The minimum atomic E-state index is -0.397. The van der Waals surface area contributed by atoms with Gasteiger partial charge in [-0.1, -0.05) is 19.1 Å². The van der Waals surface area contributed by atoms with Crippen molar-refractivity contribution in [1.82, 2.24) is 0 Å². The molecule has 3 nitrogen and oxygen atoms in total. The Hall–Kier alpha value is -1.00. The number of carbonyl (C=O) groups is 1. The Labute approximate surface area is 107 Å². The Morgan fingerprint density at radius 3 is 2.76 bits per heavy atom. The van der Waals surface area contributed by atoms with Crippen molar-refractivity contribution in [3.8, 4) is 0 Å². The summed E-state index contributed by atoms with van der Waals surface area (Å²) in [5.41, 5.74) is 1.94. The van der Waals surface area contributed by atoms with E-state index in [1.807, 2.05) is 38.1 Å². The van der Waals surface area contributed by atoms with Crippen LogP contribution >= 0.6 is 11.8 Å². The number of hydrogen-bond acceptors (Lipinski definition) is 3. The summed E-state index contributed by atoms with van der Waals surface area (Å²) < 4.78 is 0. The molecule has 0 aliphatic carbocycles. The van der Waals surface area contributed by atoms with E-state index in [2.05, 4.69) is 5.32 Å². The van der Waals surface area contributed by atoms with E-state index in [9.17, 15) is 9.90 Å². The highest BCUT2D eigenvalue weighted by Gasteiger charge is 2.11. The van der Waals surface area contributed by atoms with Gasteiger partial charge in [-0.2, -0.15) is 0 Å². The average molecular weight is 253 g/mol. The van der Waals surface area contributed by atoms with Crippen molar-refractivity contribution in [2.45, 2.75) is 32.1 Å². The maximum Gasteiger partial charge on any atom is 0.234 e. The zero-order valence-corrected chi connectivity index (χ0v) is 11.3. The third kappa shape index (κ3) is 5.24. The molecule has 0 bridgehead atoms. The minimum absolute atomic E-state index is 0.0342. The Balaban J connectivity index is 2.40. The summed E-state index contributed by atoms with van der Waals surface area (Å²) in [6, 6.07) is 7.70. The summed E-state index contributed by atoms with van der Waals surface area (Å²) in [6.07, 6.45) is -0.397. The molecular formula is C13H19NO2S. The van der Waals surface area contributed by atoms with Crippen LogP contribution in [0.5, 0.6) is 0 Å². The first-order valence-corrected chi connectivity index (χ1v) is 6.70. The van der Waals surface area contributed by atoms with Crippen molar-refractivity contribution in [2.24, 2.45) is 0 Å². The van der Waals surface area contributed by atoms with Crippen LogP contribution in [-0.4, -0.2) is 28.1 Å². The molecule has 0 heterocycles. The van der Waals surface area contributed by atoms with Crippen LogP contribution < -0.4 is 5.32 Å². The molecule has 0 aromatic heterocycles. The molecule has 1 aromatic carbocycles. The lowest BCUT2D eigenvalue weighted by Crippen LogP contribution is -2.20. The fourth-order valence-electron chi connectivity index (χ4n) is 1.27. The highest BCUT2D eigenvalue weighted by molar-refractivity contribution is 8.00. The molecule has 1 aromatic rings. The fourth-order valence-corrected chi connectivity index (χ4v) is 2.03. The molecule has 0 radical (unpaired) electrons. The molecule has 0 spiro atoms. The summed E-state index contributed by atoms with van der Waals surface area (Å²) in [4.78, 5) is 11.6. The standard InChI is InChI=1S/C13H19NO2S/c1-9-5-4-6-12(7-9)14-13(16)8-17-11(3)10(2)15/h4-7,10-11,15H,8H2,1-3H3,(H,14,16). The van der Waals surface area contributed by atoms with Gasteiger partial charge in [0.15, 0.2) is 0 Å². The number of hydrogen-bond donors (Lipinski definition) is 2. The number of aryl methyl sites for hydroxylation is 1. The SMILES string of the molecule is Cc1cccc(NC(=O)CSC(C)C(C)O)c1. The third-order valence-electron chi connectivity index (χ3n) is 2.46. The lowest BCUT2D eigenvalue weighted by Gasteiger charge is -2.13. The van der Waals surface area contributed by atoms with Crippen molar-refractivity contribution < 1.29 is 9.90 Å². The first kappa shape index (κ1) is 14.1. The molecule has 2 atom stereocenters. The second-order valence-corrected chi connectivity index (χ2v) is 5.54. The van der Waals surface area contributed by atoms with Crippen LogP contribution in [0.25, 0.3) is 0 Å². The Bertz CT molecular complexity index is 379. The molecule has 2 N–H and O–H groups in total. The number of aliphatic hydroxyl groups is 1. The maximum atomic E-state index is 11.6. The van der Waals surface area contributed by atoms with Crippen molar-refractivity contribution in [1.29, 1.82) is 0 Å². The average Bonchev–Trinajstić information content (AvgIpc) is 2.25. The van der Waals surface area contributed by atoms with Gasteiger partial charge >= 0.3 is 0 Å². The van der Waals surface area contributed by atoms with Crippen LogP contribution in [0.15, 0.2) is 24.3 Å². The smallest absolute Gasteiger partial charge is 0.234 e. The van der Waals surface area contributed by atoms with E-state index in [4.69, 9.17) is 0 Å². The highest BCUT2D eigenvalue weighted by Crippen LogP contribution is 2.15. The van der Waals surface area contributed by atoms with Crippen LogP contribution in [0.1, 0.15) is 19.4 Å². The van der Waals surface area contributed by atoms with E-state index in [1.54, 1.807) is 6.92 Å². The van der Waals surface area contributed by atoms with Gasteiger partial charge in [0.1, 0.15) is 0 Å². The predicted molar refractivity (Wildman–Crippen MR) is 73.4 cm³/mol. The molecular weight excluding hydrogens is 234 g/mol. The number of amides is 1. The third-order valence-corrected chi connectivity index (χ3v) is 3.81. The monoisotopic (exact) mass is 253 g/mol. The summed E-state index contributed by atoms with van der Waals surface area (Å²) in [5.74, 6) is 0.327. The van der Waals surface area contributed by atoms with Crippen molar-refractivity contribution >= 4 is 23.4 Å². The summed E-state index contributed by atoms with van der Waals surface area (Å²) >= 11 is 1.45. The van der Waals surface area contributed by atoms with Crippen molar-refractivity contribution in [3.63, 3.8) is 0 Å². The van der Waals surface area contributed by atoms with Gasteiger partial charge in [-0.05, 0) is 31.5 Å². The summed E-state index contributed by atoms with van der Waals surface area (Å²) in [7, 11) is 0. The normalized spacial score (nSPS) is 14.1. The predicted octanol–water partition coefficient (Wildman–Crippen LogP) is 2.44. The zero-order valence-electron chi connectivity index (χ0n) is 10.4. The fraction of sp³-hybridized carbons (Fsp3) is 0.462. The lowest BCUT2D eigenvalue weighted by molar-refractivity contribution is -0.113. The quantitative estimate of drug-likeness (QED) is 0.847. The number of rotatable bonds is 5. The Morgan fingerprint density at radius 2 is 2.18 bits per heavy atom. The van der Waals surface area contributed by atoms with Crippen LogP contribution in [-0.2, 0) is 4.79 Å². The molecule has 2 unspecified atom stereocenters.